The van der Waals surface area contributed by atoms with Crippen molar-refractivity contribution in [2.24, 2.45) is 0 Å². The lowest BCUT2D eigenvalue weighted by Gasteiger charge is -2.12. The maximum absolute atomic E-state index is 12.2. The Hall–Kier alpha value is -1.69. The van der Waals surface area contributed by atoms with E-state index in [1.54, 1.807) is 32.9 Å². The number of carbonyl (C=O) groups is 2. The molecule has 104 valence electrons. The van der Waals surface area contributed by atoms with Crippen LogP contribution < -0.4 is 5.32 Å². The summed E-state index contributed by atoms with van der Waals surface area (Å²) >= 11 is 0. The van der Waals surface area contributed by atoms with Gasteiger partial charge in [0.1, 0.15) is 5.25 Å². The summed E-state index contributed by atoms with van der Waals surface area (Å²) in [7, 11) is -1.57. The second-order valence-electron chi connectivity index (χ2n) is 4.12. The number of carboxylic acid groups (broad SMARTS) is 1. The summed E-state index contributed by atoms with van der Waals surface area (Å²) in [6.07, 6.45) is 0. The predicted molar refractivity (Wildman–Crippen MR) is 72.7 cm³/mol. The molecular weight excluding hydrogens is 266 g/mol. The quantitative estimate of drug-likeness (QED) is 0.854. The third-order valence-electron chi connectivity index (χ3n) is 2.71. The molecule has 0 spiro atoms. The summed E-state index contributed by atoms with van der Waals surface area (Å²) in [4.78, 5) is 23.0. The smallest absolute Gasteiger partial charge is 0.335 e. The van der Waals surface area contributed by atoms with Crippen molar-refractivity contribution in [3.05, 3.63) is 29.3 Å². The molecule has 6 heteroatoms. The van der Waals surface area contributed by atoms with Gasteiger partial charge in [0.15, 0.2) is 0 Å². The Morgan fingerprint density at radius 2 is 2.05 bits per heavy atom. The number of rotatable bonds is 5. The number of benzene rings is 1. The van der Waals surface area contributed by atoms with E-state index in [0.29, 0.717) is 17.0 Å². The van der Waals surface area contributed by atoms with Gasteiger partial charge in [-0.3, -0.25) is 9.00 Å². The van der Waals surface area contributed by atoms with Gasteiger partial charge >= 0.3 is 5.97 Å². The van der Waals surface area contributed by atoms with E-state index in [1.807, 2.05) is 0 Å². The van der Waals surface area contributed by atoms with Gasteiger partial charge in [-0.25, -0.2) is 4.79 Å². The van der Waals surface area contributed by atoms with E-state index in [0.717, 1.165) is 0 Å². The highest BCUT2D eigenvalue weighted by Gasteiger charge is 2.22. The molecule has 0 aromatic heterocycles. The Morgan fingerprint density at radius 3 is 2.58 bits per heavy atom. The van der Waals surface area contributed by atoms with Crippen LogP contribution >= 0.6 is 0 Å². The number of aromatic carboxylic acids is 1. The monoisotopic (exact) mass is 283 g/mol. The summed E-state index contributed by atoms with van der Waals surface area (Å²) in [5, 5.41) is 10.9. The molecule has 1 amide bonds. The number of nitrogens with one attached hydrogen (secondary N) is 1. The molecule has 1 rings (SSSR count). The Bertz CT molecular complexity index is 527. The van der Waals surface area contributed by atoms with Crippen LogP contribution in [0.5, 0.6) is 0 Å². The third-order valence-corrected chi connectivity index (χ3v) is 4.29. The largest absolute Gasteiger partial charge is 0.478 e. The van der Waals surface area contributed by atoms with Crippen LogP contribution in [0.4, 0.5) is 0 Å². The molecule has 0 aliphatic carbocycles. The zero-order valence-corrected chi connectivity index (χ0v) is 11.9. The van der Waals surface area contributed by atoms with E-state index in [-0.39, 0.29) is 11.5 Å². The summed E-state index contributed by atoms with van der Waals surface area (Å²) in [6.45, 7) is 5.47. The first-order valence-corrected chi connectivity index (χ1v) is 7.12. The summed E-state index contributed by atoms with van der Waals surface area (Å²) in [6, 6.07) is 4.55. The van der Waals surface area contributed by atoms with Crippen molar-refractivity contribution >= 4 is 22.7 Å². The average Bonchev–Trinajstić information content (AvgIpc) is 2.37. The van der Waals surface area contributed by atoms with Crippen molar-refractivity contribution in [1.29, 1.82) is 0 Å². The third kappa shape index (κ3) is 3.64. The molecule has 5 nitrogen and oxygen atoms in total. The van der Waals surface area contributed by atoms with Crippen molar-refractivity contribution in [3.63, 3.8) is 0 Å². The van der Waals surface area contributed by atoms with Crippen LogP contribution in [-0.2, 0) is 15.6 Å². The average molecular weight is 283 g/mol. The highest BCUT2D eigenvalue weighted by molar-refractivity contribution is 7.86. The van der Waals surface area contributed by atoms with Crippen LogP contribution in [0.2, 0.25) is 0 Å². The van der Waals surface area contributed by atoms with Crippen molar-refractivity contribution in [2.75, 3.05) is 6.54 Å². The summed E-state index contributed by atoms with van der Waals surface area (Å²) in [5.74, 6) is -1.37. The summed E-state index contributed by atoms with van der Waals surface area (Å²) in [5.41, 5.74) is 0.702. The minimum Gasteiger partial charge on any atom is -0.478 e. The maximum atomic E-state index is 12.2. The van der Waals surface area contributed by atoms with Crippen molar-refractivity contribution < 1.29 is 18.9 Å². The van der Waals surface area contributed by atoms with Crippen LogP contribution in [0.1, 0.15) is 29.8 Å². The molecule has 0 saturated carbocycles. The lowest BCUT2D eigenvalue weighted by molar-refractivity contribution is -0.120. The van der Waals surface area contributed by atoms with Gasteiger partial charge in [-0.15, -0.1) is 0 Å². The van der Waals surface area contributed by atoms with Gasteiger partial charge < -0.3 is 10.4 Å². The van der Waals surface area contributed by atoms with Gasteiger partial charge in [-0.1, -0.05) is 6.07 Å². The van der Waals surface area contributed by atoms with Crippen LogP contribution in [-0.4, -0.2) is 33.0 Å². The number of carbonyl (C=O) groups excluding carboxylic acids is 1. The number of carboxylic acids is 1. The van der Waals surface area contributed by atoms with E-state index >= 15 is 0 Å². The second kappa shape index (κ2) is 6.47. The lowest BCUT2D eigenvalue weighted by Crippen LogP contribution is -2.35. The molecule has 19 heavy (non-hydrogen) atoms. The Balaban J connectivity index is 3.03. The van der Waals surface area contributed by atoms with Crippen LogP contribution in [0.15, 0.2) is 23.1 Å². The first kappa shape index (κ1) is 15.4. The van der Waals surface area contributed by atoms with E-state index in [4.69, 9.17) is 5.11 Å². The molecule has 0 aliphatic heterocycles. The number of aryl methyl sites for hydroxylation is 1. The van der Waals surface area contributed by atoms with Gasteiger partial charge in [0.05, 0.1) is 16.4 Å². The van der Waals surface area contributed by atoms with Crippen LogP contribution in [0.25, 0.3) is 0 Å². The minimum atomic E-state index is -1.57. The molecule has 1 aromatic carbocycles. The van der Waals surface area contributed by atoms with E-state index in [1.165, 1.54) is 6.07 Å². The molecule has 2 atom stereocenters. The van der Waals surface area contributed by atoms with E-state index in [9.17, 15) is 13.8 Å². The van der Waals surface area contributed by atoms with Crippen molar-refractivity contribution in [1.82, 2.24) is 5.32 Å². The summed E-state index contributed by atoms with van der Waals surface area (Å²) < 4.78 is 12.2. The fourth-order valence-electron chi connectivity index (χ4n) is 1.58. The topological polar surface area (TPSA) is 83.5 Å². The highest BCUT2D eigenvalue weighted by Crippen LogP contribution is 2.17. The molecular formula is C13H17NO4S. The predicted octanol–water partition coefficient (Wildman–Crippen LogP) is 1.33. The molecule has 2 unspecified atom stereocenters. The van der Waals surface area contributed by atoms with Gasteiger partial charge in [-0.05, 0) is 38.5 Å². The number of hydrogen-bond donors (Lipinski definition) is 2. The number of amides is 1. The van der Waals surface area contributed by atoms with Crippen molar-refractivity contribution in [2.45, 2.75) is 30.9 Å². The van der Waals surface area contributed by atoms with Gasteiger partial charge in [0.25, 0.3) is 0 Å². The normalized spacial score (nSPS) is 13.6. The highest BCUT2D eigenvalue weighted by atomic mass is 32.2. The molecule has 0 bridgehead atoms. The van der Waals surface area contributed by atoms with Gasteiger partial charge in [-0.2, -0.15) is 0 Å². The molecule has 0 aliphatic rings. The number of hydrogen-bond acceptors (Lipinski definition) is 3. The molecule has 1 aromatic rings. The molecule has 0 heterocycles. The van der Waals surface area contributed by atoms with E-state index in [2.05, 4.69) is 5.32 Å². The van der Waals surface area contributed by atoms with Crippen LogP contribution in [0.3, 0.4) is 0 Å². The SMILES string of the molecule is CCNC(=O)C(C)S(=O)c1ccc(C)c(C(=O)O)c1. The maximum Gasteiger partial charge on any atom is 0.335 e. The molecule has 0 saturated heterocycles. The minimum absolute atomic E-state index is 0.106. The fraction of sp³-hybridized carbons (Fsp3) is 0.385. The first-order valence-electron chi connectivity index (χ1n) is 5.90. The Labute approximate surface area is 114 Å². The molecule has 2 N–H and O–H groups in total. The zero-order chi connectivity index (χ0) is 14.6. The standard InChI is InChI=1S/C13H17NO4S/c1-4-14-12(15)9(3)19(18)10-6-5-8(2)11(7-10)13(16)17/h5-7,9H,4H2,1-3H3,(H,14,15)(H,16,17). The Kier molecular flexibility index (Phi) is 5.23. The van der Waals surface area contributed by atoms with Gasteiger partial charge in [0, 0.05) is 11.4 Å². The van der Waals surface area contributed by atoms with Crippen LogP contribution in [0, 0.1) is 6.92 Å². The fourth-order valence-corrected chi connectivity index (χ4v) is 2.70. The first-order chi connectivity index (χ1) is 8.88. The molecule has 0 fully saturated rings. The Morgan fingerprint density at radius 1 is 1.42 bits per heavy atom. The lowest BCUT2D eigenvalue weighted by atomic mass is 10.1. The second-order valence-corrected chi connectivity index (χ2v) is 5.89. The van der Waals surface area contributed by atoms with Crippen molar-refractivity contribution in [3.8, 4) is 0 Å². The van der Waals surface area contributed by atoms with E-state index < -0.39 is 22.0 Å². The zero-order valence-electron chi connectivity index (χ0n) is 11.1. The van der Waals surface area contributed by atoms with Gasteiger partial charge in [0.2, 0.25) is 5.91 Å². The molecule has 0 radical (unpaired) electrons.